The van der Waals surface area contributed by atoms with Gasteiger partial charge in [-0.3, -0.25) is 4.79 Å². The van der Waals surface area contributed by atoms with E-state index in [1.807, 2.05) is 6.92 Å². The Hall–Kier alpha value is -0.220. The minimum Gasteiger partial charge on any atom is -0.389 e. The SMILES string of the molecule is CCN(CC(C)(C)O)C(=O)CS. The summed E-state index contributed by atoms with van der Waals surface area (Å²) in [6, 6.07) is 0. The summed E-state index contributed by atoms with van der Waals surface area (Å²) in [5.74, 6) is 0.159. The molecule has 1 N–H and O–H groups in total. The molecule has 0 fully saturated rings. The first-order valence-electron chi connectivity index (χ1n) is 4.01. The first-order valence-corrected chi connectivity index (χ1v) is 4.65. The Morgan fingerprint density at radius 2 is 2.08 bits per heavy atom. The van der Waals surface area contributed by atoms with Crippen LogP contribution in [0, 0.1) is 0 Å². The summed E-state index contributed by atoms with van der Waals surface area (Å²) >= 11 is 3.89. The number of hydrogen-bond acceptors (Lipinski definition) is 3. The maximum atomic E-state index is 11.2. The van der Waals surface area contributed by atoms with Gasteiger partial charge >= 0.3 is 0 Å². The van der Waals surface area contributed by atoms with E-state index in [9.17, 15) is 9.90 Å². The third kappa shape index (κ3) is 4.62. The zero-order chi connectivity index (χ0) is 9.78. The molecule has 72 valence electrons. The van der Waals surface area contributed by atoms with Crippen LogP contribution >= 0.6 is 12.6 Å². The second-order valence-electron chi connectivity index (χ2n) is 3.38. The van der Waals surface area contributed by atoms with Crippen LogP contribution in [0.5, 0.6) is 0 Å². The van der Waals surface area contributed by atoms with Crippen LogP contribution in [0.1, 0.15) is 20.8 Å². The number of likely N-dealkylation sites (N-methyl/N-ethyl adjacent to an activating group) is 1. The lowest BCUT2D eigenvalue weighted by molar-refractivity contribution is -0.131. The van der Waals surface area contributed by atoms with Crippen LogP contribution in [-0.4, -0.2) is 40.4 Å². The van der Waals surface area contributed by atoms with Crippen molar-refractivity contribution in [2.45, 2.75) is 26.4 Å². The Bertz CT molecular complexity index is 154. The Morgan fingerprint density at radius 3 is 2.33 bits per heavy atom. The van der Waals surface area contributed by atoms with Crippen molar-refractivity contribution in [3.05, 3.63) is 0 Å². The summed E-state index contributed by atoms with van der Waals surface area (Å²) in [5.41, 5.74) is -0.825. The molecule has 4 heteroatoms. The van der Waals surface area contributed by atoms with Crippen molar-refractivity contribution in [2.24, 2.45) is 0 Å². The zero-order valence-corrected chi connectivity index (χ0v) is 8.77. The highest BCUT2D eigenvalue weighted by atomic mass is 32.1. The number of nitrogens with zero attached hydrogens (tertiary/aromatic N) is 1. The molecule has 0 saturated carbocycles. The molecule has 0 bridgehead atoms. The molecule has 1 amide bonds. The van der Waals surface area contributed by atoms with Gasteiger partial charge in [-0.1, -0.05) is 0 Å². The van der Waals surface area contributed by atoms with Crippen molar-refractivity contribution in [1.82, 2.24) is 4.90 Å². The molecule has 0 aliphatic rings. The lowest BCUT2D eigenvalue weighted by atomic mass is 10.1. The second kappa shape index (κ2) is 4.72. The van der Waals surface area contributed by atoms with Gasteiger partial charge in [-0.15, -0.1) is 0 Å². The molecular weight excluding hydrogens is 174 g/mol. The molecule has 0 aromatic rings. The van der Waals surface area contributed by atoms with Crippen LogP contribution in [0.4, 0.5) is 0 Å². The first-order chi connectivity index (χ1) is 5.40. The fraction of sp³-hybridized carbons (Fsp3) is 0.875. The van der Waals surface area contributed by atoms with E-state index >= 15 is 0 Å². The van der Waals surface area contributed by atoms with E-state index in [2.05, 4.69) is 12.6 Å². The van der Waals surface area contributed by atoms with E-state index in [0.717, 1.165) is 0 Å². The largest absolute Gasteiger partial charge is 0.389 e. The van der Waals surface area contributed by atoms with Gasteiger partial charge in [-0.25, -0.2) is 0 Å². The minimum atomic E-state index is -0.825. The van der Waals surface area contributed by atoms with Crippen molar-refractivity contribution in [3.63, 3.8) is 0 Å². The Balaban J connectivity index is 4.09. The van der Waals surface area contributed by atoms with E-state index < -0.39 is 5.60 Å². The predicted octanol–water partition coefficient (Wildman–Crippen LogP) is 0.536. The number of amides is 1. The average Bonchev–Trinajstić information content (AvgIpc) is 1.97. The highest BCUT2D eigenvalue weighted by Crippen LogP contribution is 2.05. The van der Waals surface area contributed by atoms with Crippen LogP contribution in [-0.2, 0) is 4.79 Å². The smallest absolute Gasteiger partial charge is 0.232 e. The van der Waals surface area contributed by atoms with E-state index in [1.165, 1.54) is 0 Å². The molecular formula is C8H17NO2S. The highest BCUT2D eigenvalue weighted by Gasteiger charge is 2.19. The molecule has 12 heavy (non-hydrogen) atoms. The van der Waals surface area contributed by atoms with Gasteiger partial charge in [0.15, 0.2) is 0 Å². The number of rotatable bonds is 4. The van der Waals surface area contributed by atoms with Crippen LogP contribution < -0.4 is 0 Å². The van der Waals surface area contributed by atoms with Crippen molar-refractivity contribution in [3.8, 4) is 0 Å². The molecule has 0 aliphatic carbocycles. The topological polar surface area (TPSA) is 40.5 Å². The standard InChI is InChI=1S/C8H17NO2S/c1-4-9(7(10)5-12)6-8(2,3)11/h11-12H,4-6H2,1-3H3. The van der Waals surface area contributed by atoms with Crippen molar-refractivity contribution in [2.75, 3.05) is 18.8 Å². The number of aliphatic hydroxyl groups is 1. The normalized spacial score (nSPS) is 11.4. The maximum Gasteiger partial charge on any atom is 0.232 e. The van der Waals surface area contributed by atoms with Crippen LogP contribution in [0.2, 0.25) is 0 Å². The molecule has 0 spiro atoms. The van der Waals surface area contributed by atoms with E-state index in [4.69, 9.17) is 0 Å². The fourth-order valence-corrected chi connectivity index (χ4v) is 1.14. The van der Waals surface area contributed by atoms with Crippen molar-refractivity contribution in [1.29, 1.82) is 0 Å². The van der Waals surface area contributed by atoms with Gasteiger partial charge in [-0.2, -0.15) is 12.6 Å². The summed E-state index contributed by atoms with van der Waals surface area (Å²) in [7, 11) is 0. The predicted molar refractivity (Wildman–Crippen MR) is 52.4 cm³/mol. The molecule has 0 aromatic heterocycles. The van der Waals surface area contributed by atoms with Gasteiger partial charge in [0.05, 0.1) is 11.4 Å². The Labute approximate surface area is 79.2 Å². The lowest BCUT2D eigenvalue weighted by Gasteiger charge is -2.27. The number of carbonyl (C=O) groups is 1. The average molecular weight is 191 g/mol. The van der Waals surface area contributed by atoms with Crippen LogP contribution in [0.25, 0.3) is 0 Å². The van der Waals surface area contributed by atoms with Crippen LogP contribution in [0.3, 0.4) is 0 Å². The Kier molecular flexibility index (Phi) is 4.63. The number of hydrogen-bond donors (Lipinski definition) is 2. The summed E-state index contributed by atoms with van der Waals surface area (Å²) in [6.45, 7) is 6.22. The lowest BCUT2D eigenvalue weighted by Crippen LogP contribution is -2.42. The van der Waals surface area contributed by atoms with Gasteiger partial charge in [0.1, 0.15) is 0 Å². The molecule has 0 unspecified atom stereocenters. The molecule has 0 aliphatic heterocycles. The summed E-state index contributed by atoms with van der Waals surface area (Å²) in [5, 5.41) is 9.44. The summed E-state index contributed by atoms with van der Waals surface area (Å²) in [4.78, 5) is 12.7. The molecule has 3 nitrogen and oxygen atoms in total. The monoisotopic (exact) mass is 191 g/mol. The first kappa shape index (κ1) is 11.8. The summed E-state index contributed by atoms with van der Waals surface area (Å²) < 4.78 is 0. The van der Waals surface area contributed by atoms with Gasteiger partial charge in [0.25, 0.3) is 0 Å². The number of thiol groups is 1. The van der Waals surface area contributed by atoms with Gasteiger partial charge in [-0.05, 0) is 20.8 Å². The van der Waals surface area contributed by atoms with Gasteiger partial charge < -0.3 is 10.0 Å². The van der Waals surface area contributed by atoms with Gasteiger partial charge in [0.2, 0.25) is 5.91 Å². The van der Waals surface area contributed by atoms with Gasteiger partial charge in [0, 0.05) is 13.1 Å². The maximum absolute atomic E-state index is 11.2. The molecule has 0 atom stereocenters. The fourth-order valence-electron chi connectivity index (χ4n) is 0.943. The quantitative estimate of drug-likeness (QED) is 0.637. The van der Waals surface area contributed by atoms with Crippen LogP contribution in [0.15, 0.2) is 0 Å². The molecule has 0 heterocycles. The number of carbonyl (C=O) groups excluding carboxylic acids is 1. The zero-order valence-electron chi connectivity index (χ0n) is 7.87. The van der Waals surface area contributed by atoms with E-state index in [1.54, 1.807) is 18.7 Å². The van der Waals surface area contributed by atoms with Crippen molar-refractivity contribution < 1.29 is 9.90 Å². The minimum absolute atomic E-state index is 0.0389. The molecule has 0 saturated heterocycles. The molecule has 0 aromatic carbocycles. The second-order valence-corrected chi connectivity index (χ2v) is 3.69. The van der Waals surface area contributed by atoms with E-state index in [-0.39, 0.29) is 11.7 Å². The van der Waals surface area contributed by atoms with E-state index in [0.29, 0.717) is 13.1 Å². The third-order valence-electron chi connectivity index (χ3n) is 1.45. The summed E-state index contributed by atoms with van der Waals surface area (Å²) in [6.07, 6.45) is 0. The Morgan fingerprint density at radius 1 is 1.58 bits per heavy atom. The molecule has 0 rings (SSSR count). The third-order valence-corrected chi connectivity index (χ3v) is 1.72. The highest BCUT2D eigenvalue weighted by molar-refractivity contribution is 7.81. The van der Waals surface area contributed by atoms with Crippen molar-refractivity contribution >= 4 is 18.5 Å². The molecule has 0 radical (unpaired) electrons.